The van der Waals surface area contributed by atoms with E-state index in [1.54, 1.807) is 6.07 Å². The van der Waals surface area contributed by atoms with Crippen LogP contribution in [0.15, 0.2) is 66.7 Å². The number of ether oxygens (including phenoxy) is 1. The zero-order valence-corrected chi connectivity index (χ0v) is 17.3. The molecule has 3 amide bonds. The van der Waals surface area contributed by atoms with Gasteiger partial charge in [0.05, 0.1) is 13.0 Å². The van der Waals surface area contributed by atoms with Crippen molar-refractivity contribution in [2.24, 2.45) is 0 Å². The second-order valence-corrected chi connectivity index (χ2v) is 6.94. The highest BCUT2D eigenvalue weighted by atomic mass is 16.5. The third kappa shape index (κ3) is 6.30. The number of rotatable bonds is 8. The Hall–Kier alpha value is -3.87. The molecule has 0 saturated carbocycles. The van der Waals surface area contributed by atoms with Crippen LogP contribution < -0.4 is 20.9 Å². The predicted molar refractivity (Wildman–Crippen MR) is 118 cm³/mol. The second kappa shape index (κ2) is 10.8. The average molecular weight is 419 g/mol. The number of hydrogen-bond acceptors (Lipinski definition) is 4. The lowest BCUT2D eigenvalue weighted by Crippen LogP contribution is -2.47. The Morgan fingerprint density at radius 2 is 1.45 bits per heavy atom. The number of nitrogens with one attached hydrogen (secondary N) is 3. The Morgan fingerprint density at radius 1 is 0.774 bits per heavy atom. The summed E-state index contributed by atoms with van der Waals surface area (Å²) in [5, 5.41) is 4.61. The van der Waals surface area contributed by atoms with Crippen LogP contribution >= 0.6 is 0 Å². The van der Waals surface area contributed by atoms with Gasteiger partial charge in [-0.15, -0.1) is 0 Å². The number of fused-ring (bicyclic) bond motifs is 1. The molecule has 0 radical (unpaired) electrons. The molecule has 3 aromatic rings. The molecule has 3 rings (SSSR count). The second-order valence-electron chi connectivity index (χ2n) is 6.94. The van der Waals surface area contributed by atoms with E-state index in [1.807, 2.05) is 67.6 Å². The van der Waals surface area contributed by atoms with Gasteiger partial charge in [-0.25, -0.2) is 0 Å². The highest BCUT2D eigenvalue weighted by Gasteiger charge is 2.10. The smallest absolute Gasteiger partial charge is 0.276 e. The summed E-state index contributed by atoms with van der Waals surface area (Å²) in [6.45, 7) is 1.52. The molecule has 0 atom stereocenters. The zero-order valence-electron chi connectivity index (χ0n) is 17.3. The lowest BCUT2D eigenvalue weighted by atomic mass is 10.0. The van der Waals surface area contributed by atoms with Gasteiger partial charge >= 0.3 is 0 Å². The third-order valence-electron chi connectivity index (χ3n) is 4.73. The van der Waals surface area contributed by atoms with Crippen LogP contribution in [0, 0.1) is 0 Å². The molecule has 3 N–H and O–H groups in total. The van der Waals surface area contributed by atoms with Gasteiger partial charge in [0.2, 0.25) is 5.91 Å². The molecule has 0 aliphatic carbocycles. The molecule has 0 fully saturated rings. The summed E-state index contributed by atoms with van der Waals surface area (Å²) in [5.41, 5.74) is 6.41. The Kier molecular flexibility index (Phi) is 7.59. The van der Waals surface area contributed by atoms with Gasteiger partial charge in [-0.3, -0.25) is 25.2 Å². The fourth-order valence-corrected chi connectivity index (χ4v) is 3.16. The number of benzene rings is 3. The highest BCUT2D eigenvalue weighted by molar-refractivity contribution is 5.92. The summed E-state index contributed by atoms with van der Waals surface area (Å²) in [6, 6.07) is 21.0. The topological polar surface area (TPSA) is 96.5 Å². The molecule has 0 aliphatic heterocycles. The van der Waals surface area contributed by atoms with Crippen molar-refractivity contribution in [2.45, 2.75) is 19.8 Å². The van der Waals surface area contributed by atoms with Gasteiger partial charge in [0, 0.05) is 0 Å². The van der Waals surface area contributed by atoms with E-state index >= 15 is 0 Å². The summed E-state index contributed by atoms with van der Waals surface area (Å²) in [4.78, 5) is 36.0. The number of carbonyl (C=O) groups is 3. The quantitative estimate of drug-likeness (QED) is 0.488. The van der Waals surface area contributed by atoms with Crippen molar-refractivity contribution in [3.63, 3.8) is 0 Å². The number of hydrogen-bond donors (Lipinski definition) is 3. The molecule has 0 unspecified atom stereocenters. The van der Waals surface area contributed by atoms with Crippen LogP contribution in [0.3, 0.4) is 0 Å². The fraction of sp³-hybridized carbons (Fsp3) is 0.208. The summed E-state index contributed by atoms with van der Waals surface area (Å²) < 4.78 is 5.49. The largest absolute Gasteiger partial charge is 0.483 e. The lowest BCUT2D eigenvalue weighted by Gasteiger charge is -2.11. The number of hydrazine groups is 1. The Balaban J connectivity index is 1.39. The molecule has 7 heteroatoms. The van der Waals surface area contributed by atoms with E-state index < -0.39 is 11.8 Å². The minimum Gasteiger partial charge on any atom is -0.483 e. The number of aryl methyl sites for hydroxylation is 1. The van der Waals surface area contributed by atoms with Gasteiger partial charge in [0.1, 0.15) is 5.75 Å². The summed E-state index contributed by atoms with van der Waals surface area (Å²) >= 11 is 0. The Labute approximate surface area is 180 Å². The molecule has 7 nitrogen and oxygen atoms in total. The molecule has 160 valence electrons. The molecule has 0 saturated heterocycles. The van der Waals surface area contributed by atoms with E-state index in [1.165, 1.54) is 0 Å². The minimum atomic E-state index is -0.534. The van der Waals surface area contributed by atoms with Crippen molar-refractivity contribution in [1.29, 1.82) is 0 Å². The third-order valence-corrected chi connectivity index (χ3v) is 4.73. The monoisotopic (exact) mass is 419 g/mol. The maximum absolute atomic E-state index is 12.2. The molecule has 0 aliphatic rings. The highest BCUT2D eigenvalue weighted by Crippen LogP contribution is 2.19. The van der Waals surface area contributed by atoms with Crippen LogP contribution in [-0.4, -0.2) is 30.9 Å². The van der Waals surface area contributed by atoms with Crippen molar-refractivity contribution < 1.29 is 19.1 Å². The Bertz CT molecular complexity index is 1080. The standard InChI is InChI=1S/C24H25N3O4/c1-2-17-8-4-6-13-21(17)31-16-24(30)27-26-23(29)15-25-22(28)14-19-11-7-10-18-9-3-5-12-20(18)19/h3-13H,2,14-16H2,1H3,(H,25,28)(H,26,29)(H,27,30). The lowest BCUT2D eigenvalue weighted by molar-refractivity contribution is -0.130. The zero-order chi connectivity index (χ0) is 22.1. The van der Waals surface area contributed by atoms with Crippen molar-refractivity contribution in [3.05, 3.63) is 77.9 Å². The van der Waals surface area contributed by atoms with E-state index in [-0.39, 0.29) is 25.5 Å². The fourth-order valence-electron chi connectivity index (χ4n) is 3.16. The predicted octanol–water partition coefficient (Wildman–Crippen LogP) is 2.29. The maximum atomic E-state index is 12.2. The van der Waals surface area contributed by atoms with Crippen molar-refractivity contribution in [2.75, 3.05) is 13.2 Å². The summed E-state index contributed by atoms with van der Waals surface area (Å²) in [6.07, 6.45) is 0.943. The van der Waals surface area contributed by atoms with E-state index in [2.05, 4.69) is 16.2 Å². The molecule has 3 aromatic carbocycles. The van der Waals surface area contributed by atoms with Crippen molar-refractivity contribution >= 4 is 28.5 Å². The minimum absolute atomic E-state index is 0.158. The molecular formula is C24H25N3O4. The van der Waals surface area contributed by atoms with Crippen LogP contribution in [0.4, 0.5) is 0 Å². The number of para-hydroxylation sites is 1. The Morgan fingerprint density at radius 3 is 2.29 bits per heavy atom. The van der Waals surface area contributed by atoms with E-state index in [9.17, 15) is 14.4 Å². The first-order valence-electron chi connectivity index (χ1n) is 10.1. The van der Waals surface area contributed by atoms with Gasteiger partial charge < -0.3 is 10.1 Å². The molecule has 0 spiro atoms. The summed E-state index contributed by atoms with van der Waals surface area (Å²) in [5.74, 6) is -0.681. The average Bonchev–Trinajstić information content (AvgIpc) is 2.80. The molecule has 0 bridgehead atoms. The van der Waals surface area contributed by atoms with E-state index in [4.69, 9.17) is 4.74 Å². The maximum Gasteiger partial charge on any atom is 0.276 e. The van der Waals surface area contributed by atoms with Crippen molar-refractivity contribution in [1.82, 2.24) is 16.2 Å². The van der Waals surface area contributed by atoms with Crippen molar-refractivity contribution in [3.8, 4) is 5.75 Å². The SMILES string of the molecule is CCc1ccccc1OCC(=O)NNC(=O)CNC(=O)Cc1cccc2ccccc12. The number of amides is 3. The van der Waals surface area contributed by atoms with Crippen LogP contribution in [0.25, 0.3) is 10.8 Å². The first-order chi connectivity index (χ1) is 15.1. The van der Waals surface area contributed by atoms with E-state index in [0.717, 1.165) is 28.3 Å². The molecule has 0 aromatic heterocycles. The van der Waals surface area contributed by atoms with Crippen LogP contribution in [-0.2, 0) is 27.2 Å². The van der Waals surface area contributed by atoms with Gasteiger partial charge in [0.15, 0.2) is 6.61 Å². The number of carbonyl (C=O) groups excluding carboxylic acids is 3. The first-order valence-corrected chi connectivity index (χ1v) is 10.1. The van der Waals surface area contributed by atoms with Crippen LogP contribution in [0.1, 0.15) is 18.1 Å². The first kappa shape index (κ1) is 21.8. The van der Waals surface area contributed by atoms with Gasteiger partial charge in [-0.2, -0.15) is 0 Å². The molecule has 31 heavy (non-hydrogen) atoms. The van der Waals surface area contributed by atoms with Gasteiger partial charge in [-0.1, -0.05) is 67.6 Å². The van der Waals surface area contributed by atoms with E-state index in [0.29, 0.717) is 5.75 Å². The van der Waals surface area contributed by atoms with Crippen LogP contribution in [0.5, 0.6) is 5.75 Å². The van der Waals surface area contributed by atoms with Gasteiger partial charge in [-0.05, 0) is 34.4 Å². The normalized spacial score (nSPS) is 10.4. The molecular weight excluding hydrogens is 394 g/mol. The van der Waals surface area contributed by atoms with Gasteiger partial charge in [0.25, 0.3) is 11.8 Å². The summed E-state index contributed by atoms with van der Waals surface area (Å²) in [7, 11) is 0. The van der Waals surface area contributed by atoms with Crippen LogP contribution in [0.2, 0.25) is 0 Å². The molecule has 0 heterocycles.